The fraction of sp³-hybridized carbons (Fsp3) is 0.381. The van der Waals surface area contributed by atoms with E-state index in [4.69, 9.17) is 4.42 Å². The average molecular weight is 401 g/mol. The van der Waals surface area contributed by atoms with E-state index in [0.717, 1.165) is 0 Å². The molecule has 0 bridgehead atoms. The van der Waals surface area contributed by atoms with Gasteiger partial charge < -0.3 is 4.42 Å². The third kappa shape index (κ3) is 3.58. The molecule has 0 amide bonds. The minimum absolute atomic E-state index is 0.222. The van der Waals surface area contributed by atoms with Gasteiger partial charge in [-0.25, -0.2) is 13.2 Å². The van der Waals surface area contributed by atoms with Crippen LogP contribution >= 0.6 is 0 Å². The van der Waals surface area contributed by atoms with Crippen molar-refractivity contribution in [3.8, 4) is 0 Å². The molecule has 1 aliphatic rings. The molecule has 1 heterocycles. The zero-order chi connectivity index (χ0) is 19.7. The zero-order valence-corrected chi connectivity index (χ0v) is 16.7. The average Bonchev–Trinajstić information content (AvgIpc) is 3.02. The highest BCUT2D eigenvalue weighted by Gasteiger charge is 2.19. The predicted octanol–water partition coefficient (Wildman–Crippen LogP) is 4.46. The number of aromatic nitrogens is 1. The van der Waals surface area contributed by atoms with Gasteiger partial charge in [-0.05, 0) is 55.5 Å². The van der Waals surface area contributed by atoms with E-state index in [1.165, 1.54) is 48.3 Å². The second-order valence-corrected chi connectivity index (χ2v) is 8.99. The number of nitrogens with zero attached hydrogens (tertiary/aromatic N) is 1. The maximum Gasteiger partial charge on any atom is 0.419 e. The van der Waals surface area contributed by atoms with Gasteiger partial charge in [0.15, 0.2) is 5.58 Å². The van der Waals surface area contributed by atoms with Crippen LogP contribution in [0.4, 0.5) is 5.69 Å². The summed E-state index contributed by atoms with van der Waals surface area (Å²) in [7, 11) is -3.71. The van der Waals surface area contributed by atoms with Crippen molar-refractivity contribution in [1.29, 1.82) is 0 Å². The van der Waals surface area contributed by atoms with Crippen molar-refractivity contribution in [2.45, 2.75) is 56.4 Å². The van der Waals surface area contributed by atoms with Crippen molar-refractivity contribution in [3.05, 3.63) is 58.6 Å². The summed E-state index contributed by atoms with van der Waals surface area (Å²) in [5.41, 5.74) is 2.58. The number of fused-ring (bicyclic) bond motifs is 1. The first-order chi connectivity index (χ1) is 13.5. The summed E-state index contributed by atoms with van der Waals surface area (Å²) in [5, 5.41) is 0. The van der Waals surface area contributed by atoms with E-state index in [1.807, 2.05) is 19.1 Å². The number of benzene rings is 2. The second-order valence-electron chi connectivity index (χ2n) is 7.30. The topological polar surface area (TPSA) is 81.3 Å². The number of aryl methyl sites for hydroxylation is 1. The smallest absolute Gasteiger partial charge is 0.408 e. The molecule has 0 spiro atoms. The van der Waals surface area contributed by atoms with Crippen LogP contribution in [0.2, 0.25) is 0 Å². The molecule has 2 aromatic carbocycles. The van der Waals surface area contributed by atoms with E-state index in [1.54, 1.807) is 24.3 Å². The van der Waals surface area contributed by atoms with Gasteiger partial charge in [0.25, 0.3) is 10.0 Å². The van der Waals surface area contributed by atoms with Crippen LogP contribution in [0.1, 0.15) is 50.5 Å². The van der Waals surface area contributed by atoms with Gasteiger partial charge in [0.05, 0.1) is 16.1 Å². The highest BCUT2D eigenvalue weighted by atomic mass is 32.2. The largest absolute Gasteiger partial charge is 0.419 e. The lowest BCUT2D eigenvalue weighted by molar-refractivity contribution is 0.443. The van der Waals surface area contributed by atoms with Gasteiger partial charge in [-0.1, -0.05) is 31.4 Å². The molecule has 4 rings (SSSR count). The maximum absolute atomic E-state index is 12.7. The number of anilines is 1. The van der Waals surface area contributed by atoms with Crippen LogP contribution in [0, 0.1) is 0 Å². The molecule has 1 aliphatic carbocycles. The molecule has 6 nitrogen and oxygen atoms in total. The quantitative estimate of drug-likeness (QED) is 0.685. The van der Waals surface area contributed by atoms with E-state index >= 15 is 0 Å². The van der Waals surface area contributed by atoms with E-state index < -0.39 is 15.8 Å². The first kappa shape index (κ1) is 18.8. The van der Waals surface area contributed by atoms with Crippen LogP contribution < -0.4 is 10.5 Å². The highest BCUT2D eigenvalue weighted by molar-refractivity contribution is 7.92. The van der Waals surface area contributed by atoms with Crippen molar-refractivity contribution in [2.75, 3.05) is 4.72 Å². The van der Waals surface area contributed by atoms with E-state index in [0.29, 0.717) is 29.2 Å². The Balaban J connectivity index is 1.56. The Morgan fingerprint density at radius 3 is 2.46 bits per heavy atom. The summed E-state index contributed by atoms with van der Waals surface area (Å²) >= 11 is 0. The van der Waals surface area contributed by atoms with Gasteiger partial charge in [-0.3, -0.25) is 9.29 Å². The summed E-state index contributed by atoms with van der Waals surface area (Å²) in [6, 6.07) is 12.0. The highest BCUT2D eigenvalue weighted by Crippen LogP contribution is 2.33. The molecule has 1 fully saturated rings. The number of rotatable bonds is 5. The summed E-state index contributed by atoms with van der Waals surface area (Å²) < 4.78 is 34.8. The SMILES string of the molecule is CCn1c(=O)oc2cc(NS(=O)(=O)c3ccc(C4CCCCC4)cc3)ccc21. The van der Waals surface area contributed by atoms with Gasteiger partial charge >= 0.3 is 5.76 Å². The normalized spacial score (nSPS) is 15.8. The third-order valence-electron chi connectivity index (χ3n) is 5.50. The fourth-order valence-corrected chi connectivity index (χ4v) is 5.05. The molecule has 0 aliphatic heterocycles. The molecule has 1 aromatic heterocycles. The van der Waals surface area contributed by atoms with Crippen molar-refractivity contribution in [1.82, 2.24) is 4.57 Å². The van der Waals surface area contributed by atoms with Gasteiger partial charge in [-0.2, -0.15) is 0 Å². The molecule has 1 N–H and O–H groups in total. The lowest BCUT2D eigenvalue weighted by atomic mass is 9.84. The van der Waals surface area contributed by atoms with Gasteiger partial charge in [-0.15, -0.1) is 0 Å². The first-order valence-electron chi connectivity index (χ1n) is 9.74. The fourth-order valence-electron chi connectivity index (χ4n) is 4.00. The molecule has 0 radical (unpaired) electrons. The molecule has 7 heteroatoms. The lowest BCUT2D eigenvalue weighted by Crippen LogP contribution is -2.13. The van der Waals surface area contributed by atoms with Crippen molar-refractivity contribution in [3.63, 3.8) is 0 Å². The number of oxazole rings is 1. The Labute approximate surface area is 164 Å². The van der Waals surface area contributed by atoms with E-state index in [2.05, 4.69) is 4.72 Å². The van der Waals surface area contributed by atoms with Crippen molar-refractivity contribution < 1.29 is 12.8 Å². The minimum Gasteiger partial charge on any atom is -0.408 e. The summed E-state index contributed by atoms with van der Waals surface area (Å²) in [4.78, 5) is 12.0. The Bertz CT molecular complexity index is 1140. The van der Waals surface area contributed by atoms with Gasteiger partial charge in [0, 0.05) is 12.6 Å². The molecule has 0 saturated heterocycles. The number of nitrogens with one attached hydrogen (secondary N) is 1. The lowest BCUT2D eigenvalue weighted by Gasteiger charge is -2.22. The molecule has 0 unspecified atom stereocenters. The minimum atomic E-state index is -3.71. The third-order valence-corrected chi connectivity index (χ3v) is 6.90. The molecule has 3 aromatic rings. The van der Waals surface area contributed by atoms with Crippen LogP contribution in [-0.4, -0.2) is 13.0 Å². The van der Waals surface area contributed by atoms with Gasteiger partial charge in [0.1, 0.15) is 0 Å². The number of hydrogen-bond donors (Lipinski definition) is 1. The first-order valence-corrected chi connectivity index (χ1v) is 11.2. The summed E-state index contributed by atoms with van der Waals surface area (Å²) in [6.45, 7) is 2.34. The predicted molar refractivity (Wildman–Crippen MR) is 109 cm³/mol. The molecule has 148 valence electrons. The molecule has 1 saturated carbocycles. The Hall–Kier alpha value is -2.54. The molecular weight excluding hydrogens is 376 g/mol. The van der Waals surface area contributed by atoms with Crippen molar-refractivity contribution >= 4 is 26.8 Å². The molecule has 28 heavy (non-hydrogen) atoms. The molecular formula is C21H24N2O4S. The monoisotopic (exact) mass is 400 g/mol. The van der Waals surface area contributed by atoms with E-state index in [9.17, 15) is 13.2 Å². The number of hydrogen-bond acceptors (Lipinski definition) is 4. The standard InChI is InChI=1S/C21H24N2O4S/c1-2-23-19-13-10-17(14-20(19)27-21(23)24)22-28(25,26)18-11-8-16(9-12-18)15-6-4-3-5-7-15/h8-15,22H,2-7H2,1H3. The summed E-state index contributed by atoms with van der Waals surface area (Å²) in [5.74, 6) is 0.0854. The van der Waals surface area contributed by atoms with Crippen LogP contribution in [-0.2, 0) is 16.6 Å². The second kappa shape index (κ2) is 7.47. The van der Waals surface area contributed by atoms with Crippen LogP contribution in [0.3, 0.4) is 0 Å². The Morgan fingerprint density at radius 1 is 1.07 bits per heavy atom. The maximum atomic E-state index is 12.7. The number of sulfonamides is 1. The zero-order valence-electron chi connectivity index (χ0n) is 15.8. The van der Waals surface area contributed by atoms with Crippen LogP contribution in [0.15, 0.2) is 56.6 Å². The van der Waals surface area contributed by atoms with Crippen LogP contribution in [0.25, 0.3) is 11.1 Å². The Morgan fingerprint density at radius 2 is 1.79 bits per heavy atom. The van der Waals surface area contributed by atoms with Crippen LogP contribution in [0.5, 0.6) is 0 Å². The van der Waals surface area contributed by atoms with E-state index in [-0.39, 0.29) is 4.90 Å². The Kier molecular flexibility index (Phi) is 5.02. The van der Waals surface area contributed by atoms with Crippen molar-refractivity contribution in [2.24, 2.45) is 0 Å². The summed E-state index contributed by atoms with van der Waals surface area (Å²) in [6.07, 6.45) is 6.12. The van der Waals surface area contributed by atoms with Gasteiger partial charge in [0.2, 0.25) is 0 Å². The molecule has 0 atom stereocenters.